The van der Waals surface area contributed by atoms with E-state index in [1.54, 1.807) is 24.3 Å². The van der Waals surface area contributed by atoms with Gasteiger partial charge in [0.25, 0.3) is 0 Å². The van der Waals surface area contributed by atoms with Crippen LogP contribution in [-0.2, 0) is 17.9 Å². The zero-order valence-electron chi connectivity index (χ0n) is 14.3. The first-order valence-electron chi connectivity index (χ1n) is 8.65. The summed E-state index contributed by atoms with van der Waals surface area (Å²) in [7, 11) is 0. The normalized spacial score (nSPS) is 19.5. The van der Waals surface area contributed by atoms with Gasteiger partial charge in [0.05, 0.1) is 5.92 Å². The molecule has 2 atom stereocenters. The summed E-state index contributed by atoms with van der Waals surface area (Å²) in [6, 6.07) is 10.7. The summed E-state index contributed by atoms with van der Waals surface area (Å²) in [6.07, 6.45) is 2.36. The fourth-order valence-electron chi connectivity index (χ4n) is 3.29. The lowest BCUT2D eigenvalue weighted by atomic mass is 10.0. The third kappa shape index (κ3) is 4.38. The molecule has 0 spiro atoms. The van der Waals surface area contributed by atoms with Gasteiger partial charge in [0.2, 0.25) is 0 Å². The van der Waals surface area contributed by atoms with Crippen molar-refractivity contribution in [3.05, 3.63) is 65.2 Å². The van der Waals surface area contributed by atoms with Crippen LogP contribution in [0.2, 0.25) is 0 Å². The highest BCUT2D eigenvalue weighted by atomic mass is 19.1. The van der Waals surface area contributed by atoms with Gasteiger partial charge in [-0.3, -0.25) is 4.79 Å². The topological polar surface area (TPSA) is 58.6 Å². The highest BCUT2D eigenvalue weighted by Gasteiger charge is 2.32. The monoisotopic (exact) mass is 361 g/mol. The molecule has 2 unspecified atom stereocenters. The quantitative estimate of drug-likeness (QED) is 0.786. The molecule has 26 heavy (non-hydrogen) atoms. The zero-order valence-corrected chi connectivity index (χ0v) is 14.3. The van der Waals surface area contributed by atoms with Crippen molar-refractivity contribution < 1.29 is 23.4 Å². The van der Waals surface area contributed by atoms with E-state index in [9.17, 15) is 18.7 Å². The van der Waals surface area contributed by atoms with Crippen molar-refractivity contribution in [2.45, 2.75) is 38.5 Å². The molecular formula is C20H21F2NO3. The maximum atomic E-state index is 14.2. The molecule has 2 aromatic rings. The smallest absolute Gasteiger partial charge is 0.308 e. The number of hydrogen-bond acceptors (Lipinski definition) is 3. The summed E-state index contributed by atoms with van der Waals surface area (Å²) in [5.74, 6) is -2.03. The lowest BCUT2D eigenvalue weighted by molar-refractivity contribution is -0.142. The number of ether oxygens (including phenoxy) is 1. The Balaban J connectivity index is 1.57. The molecule has 1 fully saturated rings. The van der Waals surface area contributed by atoms with Gasteiger partial charge in [-0.25, -0.2) is 8.78 Å². The second kappa shape index (κ2) is 8.27. The number of rotatable bonds is 7. The van der Waals surface area contributed by atoms with Crippen molar-refractivity contribution in [1.29, 1.82) is 0 Å². The van der Waals surface area contributed by atoms with Gasteiger partial charge in [0.15, 0.2) is 11.6 Å². The summed E-state index contributed by atoms with van der Waals surface area (Å²) in [4.78, 5) is 11.2. The molecule has 1 aliphatic carbocycles. The summed E-state index contributed by atoms with van der Waals surface area (Å²) < 4.78 is 33.2. The van der Waals surface area contributed by atoms with E-state index in [2.05, 4.69) is 5.32 Å². The average Bonchev–Trinajstić information content (AvgIpc) is 3.09. The Morgan fingerprint density at radius 2 is 1.96 bits per heavy atom. The van der Waals surface area contributed by atoms with Crippen LogP contribution in [0.3, 0.4) is 0 Å². The van der Waals surface area contributed by atoms with Crippen molar-refractivity contribution in [2.75, 3.05) is 0 Å². The van der Waals surface area contributed by atoms with Crippen LogP contribution in [0.5, 0.6) is 5.75 Å². The third-order valence-electron chi connectivity index (χ3n) is 4.74. The van der Waals surface area contributed by atoms with Gasteiger partial charge >= 0.3 is 5.97 Å². The standard InChI is InChI=1S/C20H21F2NO3/c21-16-6-2-1-4-14(16)12-26-19-9-8-13(10-17(19)22)11-23-18-7-3-5-15(18)20(24)25/h1-2,4,6,8-10,15,18,23H,3,5,7,11-12H2,(H,24,25). The number of aliphatic carboxylic acids is 1. The predicted molar refractivity (Wildman–Crippen MR) is 92.7 cm³/mol. The van der Waals surface area contributed by atoms with Gasteiger partial charge in [0, 0.05) is 18.2 Å². The van der Waals surface area contributed by atoms with E-state index in [-0.39, 0.29) is 24.3 Å². The van der Waals surface area contributed by atoms with Crippen LogP contribution in [0.1, 0.15) is 30.4 Å². The number of carboxylic acid groups (broad SMARTS) is 1. The lowest BCUT2D eigenvalue weighted by Gasteiger charge is -2.18. The first kappa shape index (κ1) is 18.3. The summed E-state index contributed by atoms with van der Waals surface area (Å²) in [5, 5.41) is 12.4. The molecule has 2 N–H and O–H groups in total. The first-order valence-corrected chi connectivity index (χ1v) is 8.65. The van der Waals surface area contributed by atoms with Gasteiger partial charge in [-0.15, -0.1) is 0 Å². The lowest BCUT2D eigenvalue weighted by Crippen LogP contribution is -2.35. The molecule has 0 aromatic heterocycles. The number of hydrogen-bond donors (Lipinski definition) is 2. The van der Waals surface area contributed by atoms with E-state index in [1.165, 1.54) is 18.2 Å². The molecule has 0 amide bonds. The Morgan fingerprint density at radius 1 is 1.15 bits per heavy atom. The number of carbonyl (C=O) groups is 1. The van der Waals surface area contributed by atoms with Crippen molar-refractivity contribution in [3.63, 3.8) is 0 Å². The van der Waals surface area contributed by atoms with Crippen molar-refractivity contribution in [2.24, 2.45) is 5.92 Å². The average molecular weight is 361 g/mol. The minimum Gasteiger partial charge on any atom is -0.486 e. The van der Waals surface area contributed by atoms with E-state index in [4.69, 9.17) is 4.74 Å². The molecule has 6 heteroatoms. The molecule has 4 nitrogen and oxygen atoms in total. The highest BCUT2D eigenvalue weighted by Crippen LogP contribution is 2.26. The van der Waals surface area contributed by atoms with Gasteiger partial charge in [-0.05, 0) is 36.6 Å². The maximum Gasteiger partial charge on any atom is 0.308 e. The van der Waals surface area contributed by atoms with Crippen molar-refractivity contribution in [3.8, 4) is 5.75 Å². The summed E-state index contributed by atoms with van der Waals surface area (Å²) in [5.41, 5.74) is 1.07. The number of nitrogens with one attached hydrogen (secondary N) is 1. The van der Waals surface area contributed by atoms with E-state index in [1.807, 2.05) is 0 Å². The van der Waals surface area contributed by atoms with Crippen LogP contribution in [0, 0.1) is 17.6 Å². The number of halogens is 2. The van der Waals surface area contributed by atoms with Crippen LogP contribution < -0.4 is 10.1 Å². The number of carboxylic acids is 1. The highest BCUT2D eigenvalue weighted by molar-refractivity contribution is 5.71. The fraction of sp³-hybridized carbons (Fsp3) is 0.350. The third-order valence-corrected chi connectivity index (χ3v) is 4.74. The Morgan fingerprint density at radius 3 is 2.69 bits per heavy atom. The van der Waals surface area contributed by atoms with Gasteiger partial charge in [-0.2, -0.15) is 0 Å². The molecule has 3 rings (SSSR count). The van der Waals surface area contributed by atoms with Gasteiger partial charge < -0.3 is 15.2 Å². The minimum atomic E-state index is -0.789. The van der Waals surface area contributed by atoms with Crippen LogP contribution in [0.4, 0.5) is 8.78 Å². The SMILES string of the molecule is O=C(O)C1CCCC1NCc1ccc(OCc2ccccc2F)c(F)c1. The fourth-order valence-corrected chi connectivity index (χ4v) is 3.29. The Kier molecular flexibility index (Phi) is 5.83. The molecule has 0 saturated heterocycles. The molecular weight excluding hydrogens is 340 g/mol. The van der Waals surface area contributed by atoms with Crippen LogP contribution >= 0.6 is 0 Å². The van der Waals surface area contributed by atoms with E-state index in [0.717, 1.165) is 12.8 Å². The largest absolute Gasteiger partial charge is 0.486 e. The second-order valence-electron chi connectivity index (χ2n) is 6.51. The number of benzene rings is 2. The van der Waals surface area contributed by atoms with E-state index in [0.29, 0.717) is 24.1 Å². The van der Waals surface area contributed by atoms with E-state index >= 15 is 0 Å². The Hall–Kier alpha value is -2.47. The first-order chi connectivity index (χ1) is 12.5. The molecule has 1 saturated carbocycles. The molecule has 0 heterocycles. The molecule has 2 aromatic carbocycles. The molecule has 0 bridgehead atoms. The maximum absolute atomic E-state index is 14.2. The van der Waals surface area contributed by atoms with Crippen LogP contribution in [0.15, 0.2) is 42.5 Å². The molecule has 0 aliphatic heterocycles. The Bertz CT molecular complexity index is 781. The zero-order chi connectivity index (χ0) is 18.5. The summed E-state index contributed by atoms with van der Waals surface area (Å²) in [6.45, 7) is 0.336. The molecule has 0 radical (unpaired) electrons. The van der Waals surface area contributed by atoms with E-state index < -0.39 is 17.6 Å². The predicted octanol–water partition coefficient (Wildman–Crippen LogP) is 3.89. The van der Waals surface area contributed by atoms with Gasteiger partial charge in [-0.1, -0.05) is 30.7 Å². The van der Waals surface area contributed by atoms with Gasteiger partial charge in [0.1, 0.15) is 12.4 Å². The second-order valence-corrected chi connectivity index (χ2v) is 6.51. The molecule has 138 valence electrons. The summed E-state index contributed by atoms with van der Waals surface area (Å²) >= 11 is 0. The van der Waals surface area contributed by atoms with Crippen LogP contribution in [0.25, 0.3) is 0 Å². The van der Waals surface area contributed by atoms with Crippen LogP contribution in [-0.4, -0.2) is 17.1 Å². The van der Waals surface area contributed by atoms with Crippen molar-refractivity contribution >= 4 is 5.97 Å². The minimum absolute atomic E-state index is 0.0520. The Labute approximate surface area is 150 Å². The molecule has 1 aliphatic rings. The van der Waals surface area contributed by atoms with Crippen molar-refractivity contribution in [1.82, 2.24) is 5.32 Å².